The molecule has 1 aromatic carbocycles. The van der Waals surface area contributed by atoms with Gasteiger partial charge in [-0.15, -0.1) is 11.3 Å². The third kappa shape index (κ3) is 3.24. The summed E-state index contributed by atoms with van der Waals surface area (Å²) in [4.78, 5) is 20.6. The largest absolute Gasteiger partial charge is 0.383 e. The molecule has 0 N–H and O–H groups in total. The number of thiazole rings is 1. The molecule has 1 unspecified atom stereocenters. The predicted molar refractivity (Wildman–Crippen MR) is 104 cm³/mol. The summed E-state index contributed by atoms with van der Waals surface area (Å²) in [5, 5.41) is 2.57. The Labute approximate surface area is 161 Å². The van der Waals surface area contributed by atoms with E-state index in [1.807, 2.05) is 45.1 Å². The van der Waals surface area contributed by atoms with Crippen molar-refractivity contribution in [2.75, 3.05) is 20.3 Å². The molecule has 1 aliphatic rings. The number of amides is 1. The number of hydrogen-bond acceptors (Lipinski definition) is 4. The number of fused-ring (bicyclic) bond motifs is 1. The predicted octanol–water partition coefficient (Wildman–Crippen LogP) is 4.36. The molecular formula is C19H20ClN3O2S. The highest BCUT2D eigenvalue weighted by molar-refractivity contribution is 7.15. The summed E-state index contributed by atoms with van der Waals surface area (Å²) < 4.78 is 7.21. The van der Waals surface area contributed by atoms with E-state index in [0.29, 0.717) is 17.3 Å². The first-order chi connectivity index (χ1) is 12.7. The van der Waals surface area contributed by atoms with Gasteiger partial charge < -0.3 is 9.64 Å². The van der Waals surface area contributed by atoms with Crippen molar-refractivity contribution in [1.29, 1.82) is 0 Å². The molecule has 1 amide bonds. The van der Waals surface area contributed by atoms with Gasteiger partial charge in [-0.1, -0.05) is 23.7 Å². The van der Waals surface area contributed by atoms with Gasteiger partial charge in [-0.25, -0.2) is 4.98 Å². The SMILES string of the molecule is COCC1CCCCN1C(=O)c1csc2nc(-c3cccc(Cl)c3)cn12. The van der Waals surface area contributed by atoms with E-state index >= 15 is 0 Å². The summed E-state index contributed by atoms with van der Waals surface area (Å²) in [6.45, 7) is 1.36. The Bertz CT molecular complexity index is 934. The highest BCUT2D eigenvalue weighted by atomic mass is 35.5. The van der Waals surface area contributed by atoms with Crippen molar-refractivity contribution >= 4 is 33.8 Å². The fourth-order valence-electron chi connectivity index (χ4n) is 3.51. The molecule has 1 fully saturated rings. The van der Waals surface area contributed by atoms with Crippen LogP contribution >= 0.6 is 22.9 Å². The van der Waals surface area contributed by atoms with Crippen molar-refractivity contribution < 1.29 is 9.53 Å². The number of imidazole rings is 1. The van der Waals surface area contributed by atoms with Crippen LogP contribution < -0.4 is 0 Å². The quantitative estimate of drug-likeness (QED) is 0.666. The second-order valence-corrected chi connectivity index (χ2v) is 7.79. The normalized spacial score (nSPS) is 17.8. The highest BCUT2D eigenvalue weighted by Crippen LogP contribution is 2.27. The summed E-state index contributed by atoms with van der Waals surface area (Å²) in [6, 6.07) is 7.74. The van der Waals surface area contributed by atoms with Crippen LogP contribution in [-0.4, -0.2) is 46.5 Å². The van der Waals surface area contributed by atoms with Crippen LogP contribution in [0.2, 0.25) is 5.02 Å². The molecular weight excluding hydrogens is 370 g/mol. The summed E-state index contributed by atoms with van der Waals surface area (Å²) in [6.07, 6.45) is 5.09. The van der Waals surface area contributed by atoms with E-state index in [1.54, 1.807) is 7.11 Å². The lowest BCUT2D eigenvalue weighted by Gasteiger charge is -2.35. The molecule has 26 heavy (non-hydrogen) atoms. The summed E-state index contributed by atoms with van der Waals surface area (Å²) in [7, 11) is 1.69. The second kappa shape index (κ2) is 7.39. The minimum absolute atomic E-state index is 0.0491. The maximum absolute atomic E-state index is 13.2. The zero-order valence-electron chi connectivity index (χ0n) is 14.5. The van der Waals surface area contributed by atoms with E-state index in [2.05, 4.69) is 4.98 Å². The Kier molecular flexibility index (Phi) is 4.98. The van der Waals surface area contributed by atoms with E-state index in [4.69, 9.17) is 16.3 Å². The molecule has 2 aromatic heterocycles. The minimum atomic E-state index is 0.0491. The number of benzene rings is 1. The molecule has 1 saturated heterocycles. The molecule has 3 heterocycles. The van der Waals surface area contributed by atoms with Gasteiger partial charge in [0.05, 0.1) is 18.3 Å². The molecule has 0 spiro atoms. The van der Waals surface area contributed by atoms with E-state index in [1.165, 1.54) is 11.3 Å². The highest BCUT2D eigenvalue weighted by Gasteiger charge is 2.29. The summed E-state index contributed by atoms with van der Waals surface area (Å²) in [5.41, 5.74) is 2.43. The van der Waals surface area contributed by atoms with Crippen LogP contribution in [0.3, 0.4) is 0 Å². The van der Waals surface area contributed by atoms with Gasteiger partial charge in [0, 0.05) is 35.8 Å². The van der Waals surface area contributed by atoms with Crippen LogP contribution in [-0.2, 0) is 4.74 Å². The number of ether oxygens (including phenoxy) is 1. The van der Waals surface area contributed by atoms with Gasteiger partial charge >= 0.3 is 0 Å². The van der Waals surface area contributed by atoms with Gasteiger partial charge in [-0.2, -0.15) is 0 Å². The average Bonchev–Trinajstić information content (AvgIpc) is 3.22. The number of carbonyl (C=O) groups excluding carboxylic acids is 1. The van der Waals surface area contributed by atoms with Gasteiger partial charge in [-0.05, 0) is 31.4 Å². The molecule has 0 aliphatic carbocycles. The number of piperidine rings is 1. The number of rotatable bonds is 4. The van der Waals surface area contributed by atoms with Crippen LogP contribution in [0.25, 0.3) is 16.2 Å². The van der Waals surface area contributed by atoms with Crippen molar-refractivity contribution in [3.05, 3.63) is 46.6 Å². The Morgan fingerprint density at radius 2 is 2.31 bits per heavy atom. The zero-order chi connectivity index (χ0) is 18.1. The van der Waals surface area contributed by atoms with Crippen molar-refractivity contribution in [1.82, 2.24) is 14.3 Å². The van der Waals surface area contributed by atoms with Crippen LogP contribution in [0.1, 0.15) is 29.8 Å². The van der Waals surface area contributed by atoms with Crippen molar-refractivity contribution in [3.63, 3.8) is 0 Å². The second-order valence-electron chi connectivity index (χ2n) is 6.51. The van der Waals surface area contributed by atoms with Gasteiger partial charge in [0.1, 0.15) is 5.69 Å². The van der Waals surface area contributed by atoms with Crippen molar-refractivity contribution in [2.24, 2.45) is 0 Å². The lowest BCUT2D eigenvalue weighted by Crippen LogP contribution is -2.46. The van der Waals surface area contributed by atoms with Gasteiger partial charge in [0.2, 0.25) is 0 Å². The number of methoxy groups -OCH3 is 1. The average molecular weight is 390 g/mol. The maximum Gasteiger partial charge on any atom is 0.272 e. The number of halogens is 1. The number of hydrogen-bond donors (Lipinski definition) is 0. The molecule has 1 atom stereocenters. The molecule has 7 heteroatoms. The third-order valence-corrected chi connectivity index (χ3v) is 5.87. The standard InChI is InChI=1S/C19H20ClN3O2S/c1-25-11-15-7-2-3-8-22(15)18(24)17-12-26-19-21-16(10-23(17)19)13-5-4-6-14(20)9-13/h4-6,9-10,12,15H,2-3,7-8,11H2,1H3. The summed E-state index contributed by atoms with van der Waals surface area (Å²) in [5.74, 6) is 0.0491. The van der Waals surface area contributed by atoms with Crippen LogP contribution in [0.5, 0.6) is 0 Å². The molecule has 4 rings (SSSR count). The zero-order valence-corrected chi connectivity index (χ0v) is 16.1. The van der Waals surface area contributed by atoms with E-state index in [-0.39, 0.29) is 11.9 Å². The number of carbonyl (C=O) groups is 1. The Morgan fingerprint density at radius 1 is 1.42 bits per heavy atom. The van der Waals surface area contributed by atoms with Crippen molar-refractivity contribution in [2.45, 2.75) is 25.3 Å². The van der Waals surface area contributed by atoms with Crippen molar-refractivity contribution in [3.8, 4) is 11.3 Å². The van der Waals surface area contributed by atoms with Crippen LogP contribution in [0.4, 0.5) is 0 Å². The first-order valence-electron chi connectivity index (χ1n) is 8.70. The van der Waals surface area contributed by atoms with E-state index in [0.717, 1.165) is 42.0 Å². The van der Waals surface area contributed by atoms with E-state index in [9.17, 15) is 4.79 Å². The monoisotopic (exact) mass is 389 g/mol. The number of likely N-dealkylation sites (tertiary alicyclic amines) is 1. The minimum Gasteiger partial charge on any atom is -0.383 e. The van der Waals surface area contributed by atoms with Gasteiger partial charge in [0.25, 0.3) is 5.91 Å². The Morgan fingerprint density at radius 3 is 3.12 bits per heavy atom. The van der Waals surface area contributed by atoms with Gasteiger partial charge in [0.15, 0.2) is 4.96 Å². The van der Waals surface area contributed by atoms with E-state index < -0.39 is 0 Å². The topological polar surface area (TPSA) is 46.8 Å². The molecule has 136 valence electrons. The molecule has 1 aliphatic heterocycles. The molecule has 0 radical (unpaired) electrons. The molecule has 0 saturated carbocycles. The molecule has 0 bridgehead atoms. The lowest BCUT2D eigenvalue weighted by molar-refractivity contribution is 0.0422. The number of nitrogens with zero attached hydrogens (tertiary/aromatic N) is 3. The Balaban J connectivity index is 1.67. The maximum atomic E-state index is 13.2. The Hall–Kier alpha value is -1.89. The smallest absolute Gasteiger partial charge is 0.272 e. The van der Waals surface area contributed by atoms with Gasteiger partial charge in [-0.3, -0.25) is 9.20 Å². The fourth-order valence-corrected chi connectivity index (χ4v) is 4.54. The van der Waals surface area contributed by atoms with Crippen LogP contribution in [0.15, 0.2) is 35.8 Å². The lowest BCUT2D eigenvalue weighted by atomic mass is 10.0. The first-order valence-corrected chi connectivity index (χ1v) is 9.95. The first kappa shape index (κ1) is 17.5. The fraction of sp³-hybridized carbons (Fsp3) is 0.368. The summed E-state index contributed by atoms with van der Waals surface area (Å²) >= 11 is 7.57. The molecule has 5 nitrogen and oxygen atoms in total. The van der Waals surface area contributed by atoms with Crippen LogP contribution in [0, 0.1) is 0 Å². The molecule has 3 aromatic rings. The number of aromatic nitrogens is 2. The third-order valence-electron chi connectivity index (χ3n) is 4.80.